The maximum atomic E-state index is 15.9. The fourth-order valence-electron chi connectivity index (χ4n) is 12.1. The predicted molar refractivity (Wildman–Crippen MR) is 306 cm³/mol. The highest BCUT2D eigenvalue weighted by molar-refractivity contribution is 6.43. The fraction of sp³-hybridized carbons (Fsp3) is 0.203. The summed E-state index contributed by atoms with van der Waals surface area (Å²) >= 11 is 14.6. The standard InChI is InChI=1S/C64H50BCl2F2N3O4/c1-2-3-11-37-20-22-38(23-21-37)41-24-28-55-50(32-41)47-25-26-48-57-49(27-29-56(76-55)58(47)57)64(74)71(63(48)73)30-10-31-75-44-35-51(66)59(52(67)36-44)60(53-33-42-16-8-14-39-12-4-6-18-45(39)61(42)70-53)54-34-43-17-9-15-40-13-5-7-19-46(40)62(43)72(54)65(68)69/h4-7,12-13,18-29,32-36H,2-3,8-11,14-17,30-31H2,1H3/b60-53+. The van der Waals surface area contributed by atoms with Crippen LogP contribution in [0.5, 0.6) is 5.75 Å². The van der Waals surface area contributed by atoms with E-state index in [-0.39, 0.29) is 28.9 Å². The zero-order valence-corrected chi connectivity index (χ0v) is 43.3. The van der Waals surface area contributed by atoms with Crippen molar-refractivity contribution in [2.24, 2.45) is 4.99 Å². The van der Waals surface area contributed by atoms with Gasteiger partial charge in [-0.1, -0.05) is 121 Å². The molecule has 2 aliphatic carbocycles. The first kappa shape index (κ1) is 48.1. The molecule has 1 aliphatic heterocycles. The van der Waals surface area contributed by atoms with Gasteiger partial charge in [-0.2, -0.15) is 0 Å². The molecule has 376 valence electrons. The van der Waals surface area contributed by atoms with Gasteiger partial charge in [0.25, 0.3) is 11.1 Å². The van der Waals surface area contributed by atoms with Crippen LogP contribution < -0.4 is 15.9 Å². The summed E-state index contributed by atoms with van der Waals surface area (Å²) in [6.07, 6.45) is 10.5. The van der Waals surface area contributed by atoms with E-state index in [2.05, 4.69) is 55.5 Å². The molecule has 7 nitrogen and oxygen atoms in total. The molecular formula is C64H50BCl2F2N3O4. The minimum absolute atomic E-state index is 0.0916. The summed E-state index contributed by atoms with van der Waals surface area (Å²) < 4.78 is 46.9. The second-order valence-corrected chi connectivity index (χ2v) is 21.1. The monoisotopic (exact) mass is 1040 g/mol. The summed E-state index contributed by atoms with van der Waals surface area (Å²) in [4.78, 5) is 33.8. The van der Waals surface area contributed by atoms with E-state index >= 15 is 8.63 Å². The van der Waals surface area contributed by atoms with Crippen molar-refractivity contribution in [2.45, 2.75) is 77.7 Å². The molecule has 10 aromatic rings. The summed E-state index contributed by atoms with van der Waals surface area (Å²) in [5.41, 5.74) is 12.8. The number of pyridine rings is 1. The first-order valence-corrected chi connectivity index (χ1v) is 27.1. The van der Waals surface area contributed by atoms with Crippen LogP contribution in [0.3, 0.4) is 0 Å². The number of aliphatic imine (C=N–C) groups is 1. The van der Waals surface area contributed by atoms with E-state index in [9.17, 15) is 9.59 Å². The maximum absolute atomic E-state index is 15.9. The molecule has 0 radical (unpaired) electrons. The number of ether oxygens (including phenoxy) is 1. The van der Waals surface area contributed by atoms with E-state index < -0.39 is 18.5 Å². The van der Waals surface area contributed by atoms with Crippen molar-refractivity contribution < 1.29 is 17.8 Å². The Morgan fingerprint density at radius 3 is 2.09 bits per heavy atom. The Morgan fingerprint density at radius 1 is 0.684 bits per heavy atom. The van der Waals surface area contributed by atoms with Crippen LogP contribution in [0.4, 0.5) is 8.63 Å². The van der Waals surface area contributed by atoms with Crippen LogP contribution in [0, 0.1) is 0 Å². The molecule has 13 rings (SSSR count). The molecule has 7 aromatic carbocycles. The number of aryl methyl sites for hydroxylation is 4. The van der Waals surface area contributed by atoms with Gasteiger partial charge in [0.05, 0.1) is 28.1 Å². The van der Waals surface area contributed by atoms with Gasteiger partial charge in [0, 0.05) is 67.1 Å². The minimum atomic E-state index is -2.89. The Kier molecular flexibility index (Phi) is 12.4. The lowest BCUT2D eigenvalue weighted by atomic mass is 9.95. The predicted octanol–water partition coefficient (Wildman–Crippen LogP) is 15.9. The molecule has 3 aromatic heterocycles. The van der Waals surface area contributed by atoms with Gasteiger partial charge in [-0.15, -0.1) is 0 Å². The Bertz CT molecular complexity index is 4170. The highest BCUT2D eigenvalue weighted by Crippen LogP contribution is 2.47. The molecular weight excluding hydrogens is 994 g/mol. The number of fused-ring (bicyclic) bond motifs is 8. The molecule has 0 atom stereocenters. The largest absolute Gasteiger partial charge is 0.678 e. The van der Waals surface area contributed by atoms with Gasteiger partial charge in [-0.25, -0.2) is 4.99 Å². The minimum Gasteiger partial charge on any atom is -0.493 e. The Hall–Kier alpha value is -7.53. The lowest BCUT2D eigenvalue weighted by Gasteiger charge is -2.19. The highest BCUT2D eigenvalue weighted by Gasteiger charge is 2.35. The molecule has 0 bridgehead atoms. The Morgan fingerprint density at radius 2 is 1.34 bits per heavy atom. The third-order valence-corrected chi connectivity index (χ3v) is 16.3. The third-order valence-electron chi connectivity index (χ3n) is 15.7. The smallest absolute Gasteiger partial charge is 0.493 e. The first-order chi connectivity index (χ1) is 37.1. The van der Waals surface area contributed by atoms with Crippen molar-refractivity contribution >= 4 is 85.4 Å². The Balaban J connectivity index is 0.821. The van der Waals surface area contributed by atoms with Gasteiger partial charge in [0.15, 0.2) is 0 Å². The lowest BCUT2D eigenvalue weighted by Crippen LogP contribution is -2.33. The van der Waals surface area contributed by atoms with Crippen LogP contribution in [0.25, 0.3) is 71.4 Å². The van der Waals surface area contributed by atoms with Crippen LogP contribution in [0.2, 0.25) is 10.0 Å². The summed E-state index contributed by atoms with van der Waals surface area (Å²) in [6.45, 7) is 2.41. The van der Waals surface area contributed by atoms with E-state index in [0.29, 0.717) is 68.4 Å². The van der Waals surface area contributed by atoms with E-state index in [1.165, 1.54) is 15.7 Å². The van der Waals surface area contributed by atoms with Crippen molar-refractivity contribution in [2.75, 3.05) is 6.61 Å². The Labute approximate surface area is 447 Å². The van der Waals surface area contributed by atoms with Crippen LogP contribution in [0.1, 0.15) is 84.5 Å². The SMILES string of the molecule is CCCCc1ccc(-c2ccc3oc4ccc5c(=O)n(CCCOc6cc(Cl)c(/C(=C7\C=C8CCCc9ccccc9C8=N7)c7cc8c(n7B(F)F)-c7ccccc7CCC8)c(Cl)c6)c(=O)c6ccc(c3c2)c4c56)cc1. The number of hydrogen-bond donors (Lipinski definition) is 0. The number of hydrogen-bond acceptors (Lipinski definition) is 5. The molecule has 0 unspecified atom stereocenters. The highest BCUT2D eigenvalue weighted by atomic mass is 35.5. The second-order valence-electron chi connectivity index (χ2n) is 20.3. The van der Waals surface area contributed by atoms with Crippen LogP contribution in [-0.2, 0) is 32.2 Å². The quantitative estimate of drug-likeness (QED) is 0.0529. The number of benzene rings is 7. The number of halogens is 4. The zero-order valence-electron chi connectivity index (χ0n) is 41.8. The molecule has 0 amide bonds. The average molecular weight is 1040 g/mol. The van der Waals surface area contributed by atoms with Crippen molar-refractivity contribution in [3.63, 3.8) is 0 Å². The van der Waals surface area contributed by atoms with Crippen LogP contribution in [-0.4, -0.2) is 28.8 Å². The molecule has 3 aliphatic rings. The van der Waals surface area contributed by atoms with Gasteiger partial charge >= 0.3 is 7.40 Å². The van der Waals surface area contributed by atoms with Crippen molar-refractivity contribution in [3.8, 4) is 28.1 Å². The summed E-state index contributed by atoms with van der Waals surface area (Å²) in [5, 5.41) is 4.41. The zero-order chi connectivity index (χ0) is 51.8. The average Bonchev–Trinajstić information content (AvgIpc) is 3.95. The normalized spacial score (nSPS) is 14.8. The summed E-state index contributed by atoms with van der Waals surface area (Å²) in [7, 11) is -2.89. The number of allylic oxidation sites excluding steroid dienone is 2. The molecule has 0 N–H and O–H groups in total. The molecule has 0 saturated carbocycles. The topological polar surface area (TPSA) is 78.7 Å². The molecule has 0 fully saturated rings. The summed E-state index contributed by atoms with van der Waals surface area (Å²) in [6, 6.07) is 43.4. The fourth-order valence-corrected chi connectivity index (χ4v) is 12.8. The summed E-state index contributed by atoms with van der Waals surface area (Å²) in [5.74, 6) is 0.348. The van der Waals surface area contributed by atoms with Gasteiger partial charge in [-0.05, 0) is 157 Å². The van der Waals surface area contributed by atoms with Crippen molar-refractivity contribution in [1.82, 2.24) is 9.05 Å². The van der Waals surface area contributed by atoms with Gasteiger partial charge in [0.2, 0.25) is 0 Å². The first-order valence-electron chi connectivity index (χ1n) is 26.4. The van der Waals surface area contributed by atoms with Crippen molar-refractivity contribution in [3.05, 3.63) is 221 Å². The van der Waals surface area contributed by atoms with Crippen molar-refractivity contribution in [1.29, 1.82) is 0 Å². The van der Waals surface area contributed by atoms with Gasteiger partial charge in [0.1, 0.15) is 16.9 Å². The maximum Gasteiger partial charge on any atom is 0.678 e. The molecule has 0 spiro atoms. The van der Waals surface area contributed by atoms with E-state index in [1.807, 2.05) is 72.8 Å². The van der Waals surface area contributed by atoms with Crippen LogP contribution in [0.15, 0.2) is 170 Å². The molecule has 12 heteroatoms. The number of nitrogens with zero attached hydrogens (tertiary/aromatic N) is 3. The third kappa shape index (κ3) is 8.20. The van der Waals surface area contributed by atoms with Gasteiger partial charge in [-0.3, -0.25) is 22.8 Å². The molecule has 0 saturated heterocycles. The van der Waals surface area contributed by atoms with E-state index in [1.54, 1.807) is 18.2 Å². The lowest BCUT2D eigenvalue weighted by molar-refractivity contribution is 0.300. The second kappa shape index (κ2) is 19.6. The van der Waals surface area contributed by atoms with E-state index in [0.717, 1.165) is 117 Å². The van der Waals surface area contributed by atoms with Crippen LogP contribution >= 0.6 is 23.2 Å². The molecule has 76 heavy (non-hydrogen) atoms. The number of rotatable bonds is 12. The number of unbranched alkanes of at least 4 members (excludes halogenated alkanes) is 1. The molecule has 4 heterocycles. The number of aromatic nitrogens is 2. The van der Waals surface area contributed by atoms with E-state index in [4.69, 9.17) is 37.3 Å². The van der Waals surface area contributed by atoms with Gasteiger partial charge < -0.3 is 13.6 Å².